The highest BCUT2D eigenvalue weighted by Gasteiger charge is 2.30. The number of aryl methyl sites for hydroxylation is 1. The van der Waals surface area contributed by atoms with Gasteiger partial charge >= 0.3 is 6.03 Å². The second-order valence-corrected chi connectivity index (χ2v) is 5.41. The van der Waals surface area contributed by atoms with Gasteiger partial charge in [0.2, 0.25) is 5.89 Å². The van der Waals surface area contributed by atoms with Gasteiger partial charge in [0.15, 0.2) is 5.82 Å². The Kier molecular flexibility index (Phi) is 3.40. The van der Waals surface area contributed by atoms with E-state index in [1.165, 1.54) is 0 Å². The molecule has 2 aliphatic rings. The Hall–Kier alpha value is -1.59. The van der Waals surface area contributed by atoms with E-state index in [0.29, 0.717) is 18.5 Å². The van der Waals surface area contributed by atoms with Gasteiger partial charge in [0, 0.05) is 31.5 Å². The van der Waals surface area contributed by atoms with Crippen LogP contribution in [0, 0.1) is 0 Å². The number of carbonyl (C=O) groups is 1. The van der Waals surface area contributed by atoms with Crippen LogP contribution in [0.2, 0.25) is 0 Å². The molecular formula is C13H20N4O2. The van der Waals surface area contributed by atoms with E-state index in [4.69, 9.17) is 4.52 Å². The largest absolute Gasteiger partial charge is 0.339 e. The summed E-state index contributed by atoms with van der Waals surface area (Å²) in [4.78, 5) is 18.3. The molecule has 1 N–H and O–H groups in total. The first kappa shape index (κ1) is 12.4. The Morgan fingerprint density at radius 2 is 2.32 bits per heavy atom. The standard InChI is InChI=1S/C13H20N4O2/c1-2-11-15-12(16-19-11)9-4-3-7-17(8-9)13(18)14-10-5-6-10/h9-10H,2-8H2,1H3,(H,14,18)/t9-/m0/s1. The minimum atomic E-state index is 0.0615. The molecule has 3 rings (SSSR count). The summed E-state index contributed by atoms with van der Waals surface area (Å²) >= 11 is 0. The van der Waals surface area contributed by atoms with Crippen LogP contribution >= 0.6 is 0 Å². The summed E-state index contributed by atoms with van der Waals surface area (Å²) in [7, 11) is 0. The van der Waals surface area contributed by atoms with Crippen molar-refractivity contribution in [1.29, 1.82) is 0 Å². The summed E-state index contributed by atoms with van der Waals surface area (Å²) < 4.78 is 5.16. The molecule has 104 valence electrons. The summed E-state index contributed by atoms with van der Waals surface area (Å²) in [6.45, 7) is 3.52. The van der Waals surface area contributed by atoms with E-state index >= 15 is 0 Å². The first-order valence-corrected chi connectivity index (χ1v) is 7.14. The number of amides is 2. The summed E-state index contributed by atoms with van der Waals surface area (Å²) in [6.07, 6.45) is 5.02. The zero-order chi connectivity index (χ0) is 13.2. The second kappa shape index (κ2) is 5.19. The fourth-order valence-corrected chi connectivity index (χ4v) is 2.44. The van der Waals surface area contributed by atoms with Crippen LogP contribution in [0.3, 0.4) is 0 Å². The molecule has 1 saturated carbocycles. The molecule has 6 heteroatoms. The van der Waals surface area contributed by atoms with Gasteiger partial charge in [-0.05, 0) is 25.7 Å². The quantitative estimate of drug-likeness (QED) is 0.901. The van der Waals surface area contributed by atoms with Gasteiger partial charge in [-0.3, -0.25) is 0 Å². The first-order chi connectivity index (χ1) is 9.26. The number of piperidine rings is 1. The monoisotopic (exact) mass is 264 g/mol. The lowest BCUT2D eigenvalue weighted by Crippen LogP contribution is -2.45. The summed E-state index contributed by atoms with van der Waals surface area (Å²) in [6, 6.07) is 0.469. The van der Waals surface area contributed by atoms with Crippen LogP contribution in [-0.2, 0) is 6.42 Å². The van der Waals surface area contributed by atoms with Crippen LogP contribution in [0.5, 0.6) is 0 Å². The molecule has 6 nitrogen and oxygen atoms in total. The molecule has 1 aromatic rings. The van der Waals surface area contributed by atoms with Crippen molar-refractivity contribution in [2.75, 3.05) is 13.1 Å². The Morgan fingerprint density at radius 3 is 3.00 bits per heavy atom. The summed E-state index contributed by atoms with van der Waals surface area (Å²) in [5.41, 5.74) is 0. The lowest BCUT2D eigenvalue weighted by molar-refractivity contribution is 0.177. The van der Waals surface area contributed by atoms with E-state index in [9.17, 15) is 4.79 Å². The van der Waals surface area contributed by atoms with Gasteiger partial charge < -0.3 is 14.7 Å². The minimum absolute atomic E-state index is 0.0615. The molecule has 0 bridgehead atoms. The zero-order valence-corrected chi connectivity index (χ0v) is 11.3. The number of nitrogens with one attached hydrogen (secondary N) is 1. The Balaban J connectivity index is 1.61. The number of urea groups is 1. The molecule has 0 unspecified atom stereocenters. The fraction of sp³-hybridized carbons (Fsp3) is 0.769. The normalized spacial score (nSPS) is 23.4. The molecule has 2 fully saturated rings. The van der Waals surface area contributed by atoms with Gasteiger partial charge in [0.05, 0.1) is 0 Å². The molecule has 1 aliphatic heterocycles. The number of aromatic nitrogens is 2. The van der Waals surface area contributed by atoms with Crippen LogP contribution in [-0.4, -0.2) is 40.2 Å². The average Bonchev–Trinajstić information content (AvgIpc) is 3.12. The molecule has 0 radical (unpaired) electrons. The summed E-state index contributed by atoms with van der Waals surface area (Å²) in [5.74, 6) is 1.64. The van der Waals surface area contributed by atoms with E-state index in [1.807, 2.05) is 11.8 Å². The van der Waals surface area contributed by atoms with Crippen LogP contribution in [0.15, 0.2) is 4.52 Å². The Bertz CT molecular complexity index is 455. The molecule has 0 spiro atoms. The highest BCUT2D eigenvalue weighted by Crippen LogP contribution is 2.26. The van der Waals surface area contributed by atoms with Crippen molar-refractivity contribution < 1.29 is 9.32 Å². The molecule has 0 aromatic carbocycles. The zero-order valence-electron chi connectivity index (χ0n) is 11.3. The fourth-order valence-electron chi connectivity index (χ4n) is 2.44. The number of likely N-dealkylation sites (tertiary alicyclic amines) is 1. The predicted molar refractivity (Wildman–Crippen MR) is 68.8 cm³/mol. The van der Waals surface area contributed by atoms with Gasteiger partial charge in [0.25, 0.3) is 0 Å². The molecule has 1 aromatic heterocycles. The second-order valence-electron chi connectivity index (χ2n) is 5.41. The van der Waals surface area contributed by atoms with E-state index in [0.717, 1.165) is 44.5 Å². The molecule has 1 saturated heterocycles. The van der Waals surface area contributed by atoms with Crippen molar-refractivity contribution in [1.82, 2.24) is 20.4 Å². The van der Waals surface area contributed by atoms with E-state index < -0.39 is 0 Å². The smallest absolute Gasteiger partial charge is 0.317 e. The van der Waals surface area contributed by atoms with Crippen molar-refractivity contribution in [3.05, 3.63) is 11.7 Å². The van der Waals surface area contributed by atoms with Crippen molar-refractivity contribution in [3.8, 4) is 0 Å². The number of hydrogen-bond donors (Lipinski definition) is 1. The van der Waals surface area contributed by atoms with Crippen LogP contribution in [0.25, 0.3) is 0 Å². The van der Waals surface area contributed by atoms with E-state index in [-0.39, 0.29) is 11.9 Å². The number of hydrogen-bond acceptors (Lipinski definition) is 4. The minimum Gasteiger partial charge on any atom is -0.339 e. The maximum absolute atomic E-state index is 12.0. The van der Waals surface area contributed by atoms with Gasteiger partial charge in [0.1, 0.15) is 0 Å². The third-order valence-corrected chi connectivity index (χ3v) is 3.76. The van der Waals surface area contributed by atoms with Crippen molar-refractivity contribution in [2.24, 2.45) is 0 Å². The highest BCUT2D eigenvalue weighted by atomic mass is 16.5. The third kappa shape index (κ3) is 2.88. The Labute approximate surface area is 112 Å². The van der Waals surface area contributed by atoms with Crippen molar-refractivity contribution in [3.63, 3.8) is 0 Å². The Morgan fingerprint density at radius 1 is 1.47 bits per heavy atom. The maximum atomic E-state index is 12.0. The topological polar surface area (TPSA) is 71.3 Å². The molecular weight excluding hydrogens is 244 g/mol. The SMILES string of the molecule is CCc1nc([C@H]2CCCN(C(=O)NC3CC3)C2)no1. The van der Waals surface area contributed by atoms with Crippen molar-refractivity contribution >= 4 is 6.03 Å². The molecule has 2 heterocycles. The van der Waals surface area contributed by atoms with Gasteiger partial charge in [-0.15, -0.1) is 0 Å². The van der Waals surface area contributed by atoms with Crippen LogP contribution in [0.4, 0.5) is 4.79 Å². The average molecular weight is 264 g/mol. The van der Waals surface area contributed by atoms with Gasteiger partial charge in [-0.1, -0.05) is 12.1 Å². The number of carbonyl (C=O) groups excluding carboxylic acids is 1. The first-order valence-electron chi connectivity index (χ1n) is 7.14. The van der Waals surface area contributed by atoms with Crippen molar-refractivity contribution in [2.45, 2.75) is 51.0 Å². The molecule has 2 amide bonds. The lowest BCUT2D eigenvalue weighted by atomic mass is 9.98. The van der Waals surface area contributed by atoms with Crippen LogP contribution < -0.4 is 5.32 Å². The van der Waals surface area contributed by atoms with Gasteiger partial charge in [-0.25, -0.2) is 4.79 Å². The lowest BCUT2D eigenvalue weighted by Gasteiger charge is -2.31. The molecule has 1 aliphatic carbocycles. The number of nitrogens with zero attached hydrogens (tertiary/aromatic N) is 3. The molecule has 1 atom stereocenters. The van der Waals surface area contributed by atoms with Gasteiger partial charge in [-0.2, -0.15) is 4.98 Å². The third-order valence-electron chi connectivity index (χ3n) is 3.76. The van der Waals surface area contributed by atoms with E-state index in [2.05, 4.69) is 15.5 Å². The predicted octanol–water partition coefficient (Wildman–Crippen LogP) is 1.68. The highest BCUT2D eigenvalue weighted by molar-refractivity contribution is 5.75. The maximum Gasteiger partial charge on any atom is 0.317 e. The number of rotatable bonds is 3. The van der Waals surface area contributed by atoms with E-state index in [1.54, 1.807) is 0 Å². The summed E-state index contributed by atoms with van der Waals surface area (Å²) in [5, 5.41) is 7.07. The van der Waals surface area contributed by atoms with Crippen LogP contribution in [0.1, 0.15) is 50.2 Å². The molecule has 19 heavy (non-hydrogen) atoms.